The molecule has 3 N–H and O–H groups in total. The van der Waals surface area contributed by atoms with Crippen molar-refractivity contribution < 1.29 is 15.3 Å². The quantitative estimate of drug-likeness (QED) is 0.379. The van der Waals surface area contributed by atoms with Crippen LogP contribution < -0.4 is 0 Å². The van der Waals surface area contributed by atoms with Crippen molar-refractivity contribution in [3.8, 4) is 5.75 Å². The number of aryl methyl sites for hydroxylation is 1. The first kappa shape index (κ1) is 26.5. The topological polar surface area (TPSA) is 60.7 Å². The minimum absolute atomic E-state index is 0.0448. The van der Waals surface area contributed by atoms with E-state index in [-0.39, 0.29) is 11.5 Å². The zero-order valence-electron chi connectivity index (χ0n) is 17.7. The average Bonchev–Trinajstić information content (AvgIpc) is 2.72. The lowest BCUT2D eigenvalue weighted by atomic mass is 9.97. The van der Waals surface area contributed by atoms with Gasteiger partial charge in [0.1, 0.15) is 11.5 Å². The van der Waals surface area contributed by atoms with Gasteiger partial charge >= 0.3 is 0 Å². The molecule has 0 bridgehead atoms. The van der Waals surface area contributed by atoms with Crippen molar-refractivity contribution in [3.63, 3.8) is 0 Å². The molecule has 1 aliphatic carbocycles. The summed E-state index contributed by atoms with van der Waals surface area (Å²) in [5, 5.41) is 27.0. The number of allylic oxidation sites excluding steroid dienone is 8. The van der Waals surface area contributed by atoms with Crippen LogP contribution in [0.1, 0.15) is 58.6 Å². The molecule has 0 fully saturated rings. The van der Waals surface area contributed by atoms with Crippen molar-refractivity contribution in [1.82, 2.24) is 0 Å². The van der Waals surface area contributed by atoms with Gasteiger partial charge in [-0.15, -0.1) is 0 Å². The number of aromatic hydroxyl groups is 1. The lowest BCUT2D eigenvalue weighted by molar-refractivity contribution is 0.411. The van der Waals surface area contributed by atoms with Gasteiger partial charge in [0.15, 0.2) is 0 Å². The highest BCUT2D eigenvalue weighted by molar-refractivity contribution is 5.78. The maximum atomic E-state index is 9.71. The van der Waals surface area contributed by atoms with Crippen LogP contribution in [0.15, 0.2) is 72.8 Å². The summed E-state index contributed by atoms with van der Waals surface area (Å²) >= 11 is 0. The number of aliphatic hydroxyl groups is 2. The minimum atomic E-state index is 0.0448. The van der Waals surface area contributed by atoms with Gasteiger partial charge in [0.25, 0.3) is 0 Å². The van der Waals surface area contributed by atoms with Gasteiger partial charge in [0.2, 0.25) is 0 Å². The molecule has 0 aliphatic heterocycles. The molecule has 0 saturated heterocycles. The fraction of sp³-hybridized carbons (Fsp3) is 0.333. The molecule has 0 amide bonds. The molecule has 0 radical (unpaired) electrons. The van der Waals surface area contributed by atoms with Crippen LogP contribution in [-0.4, -0.2) is 15.3 Å². The number of aliphatic hydroxyl groups excluding tert-OH is 2. The van der Waals surface area contributed by atoms with Gasteiger partial charge in [0, 0.05) is 5.56 Å². The Balaban J connectivity index is 0. The van der Waals surface area contributed by atoms with E-state index in [1.165, 1.54) is 30.7 Å². The lowest BCUT2D eigenvalue weighted by Crippen LogP contribution is -1.87. The van der Waals surface area contributed by atoms with Gasteiger partial charge in [-0.2, -0.15) is 0 Å². The van der Waals surface area contributed by atoms with Gasteiger partial charge in [-0.05, 0) is 62.6 Å². The van der Waals surface area contributed by atoms with Crippen LogP contribution in [0.25, 0.3) is 5.57 Å². The first-order chi connectivity index (χ1) is 12.9. The van der Waals surface area contributed by atoms with E-state index in [1.54, 1.807) is 6.07 Å². The number of hydrogen-bond donors (Lipinski definition) is 3. The molecule has 1 aliphatic rings. The summed E-state index contributed by atoms with van der Waals surface area (Å²) in [4.78, 5) is 0. The van der Waals surface area contributed by atoms with Crippen LogP contribution in [0.4, 0.5) is 0 Å². The Morgan fingerprint density at radius 1 is 1.04 bits per heavy atom. The number of phenols is 1. The standard InChI is InChI=1S/C13H14O.C7H10O2.2C2H6/c1-10-7-8-13(14)12(9-10)11-5-3-2-4-6-11;1-3-7(9)5-4-6(2)8;2*1-2/h3,5-9,14H,2,4H2,1H3;3-5,8-9H,1H2,2H3;2*1-2H3/b;6-4+,7-5+;;. The molecule has 27 heavy (non-hydrogen) atoms. The lowest BCUT2D eigenvalue weighted by Gasteiger charge is -2.09. The maximum Gasteiger partial charge on any atom is 0.123 e. The van der Waals surface area contributed by atoms with Crippen LogP contribution in [0.3, 0.4) is 0 Å². The monoisotopic (exact) mass is 372 g/mol. The number of phenolic OH excluding ortho intramolecular Hbond substituents is 1. The molecule has 3 heteroatoms. The molecule has 0 saturated carbocycles. The first-order valence-corrected chi connectivity index (χ1v) is 9.49. The zero-order chi connectivity index (χ0) is 21.2. The zero-order valence-corrected chi connectivity index (χ0v) is 17.7. The molecule has 0 heterocycles. The highest BCUT2D eigenvalue weighted by Crippen LogP contribution is 2.29. The van der Waals surface area contributed by atoms with Crippen LogP contribution >= 0.6 is 0 Å². The van der Waals surface area contributed by atoms with Crippen LogP contribution in [0, 0.1) is 6.92 Å². The molecular formula is C24H36O3. The second kappa shape index (κ2) is 16.8. The molecule has 1 aromatic rings. The van der Waals surface area contributed by atoms with Crippen molar-refractivity contribution in [3.05, 3.63) is 83.9 Å². The summed E-state index contributed by atoms with van der Waals surface area (Å²) in [6.07, 6.45) is 12.6. The molecule has 1 aromatic carbocycles. The second-order valence-corrected chi connectivity index (χ2v) is 5.26. The van der Waals surface area contributed by atoms with Crippen LogP contribution in [-0.2, 0) is 0 Å². The van der Waals surface area contributed by atoms with E-state index in [4.69, 9.17) is 10.2 Å². The first-order valence-electron chi connectivity index (χ1n) is 9.49. The molecule has 150 valence electrons. The van der Waals surface area contributed by atoms with E-state index in [2.05, 4.69) is 24.8 Å². The van der Waals surface area contributed by atoms with E-state index in [0.29, 0.717) is 5.75 Å². The van der Waals surface area contributed by atoms with Gasteiger partial charge in [0.05, 0.1) is 5.76 Å². The third-order valence-corrected chi connectivity index (χ3v) is 3.16. The second-order valence-electron chi connectivity index (χ2n) is 5.26. The Morgan fingerprint density at radius 3 is 2.15 bits per heavy atom. The maximum absolute atomic E-state index is 9.71. The summed E-state index contributed by atoms with van der Waals surface area (Å²) in [7, 11) is 0. The predicted octanol–water partition coefficient (Wildman–Crippen LogP) is 7.56. The summed E-state index contributed by atoms with van der Waals surface area (Å²) < 4.78 is 0. The molecular weight excluding hydrogens is 336 g/mol. The largest absolute Gasteiger partial charge is 0.513 e. The summed E-state index contributed by atoms with van der Waals surface area (Å²) in [5.41, 5.74) is 3.26. The molecule has 0 atom stereocenters. The van der Waals surface area contributed by atoms with Gasteiger partial charge in [-0.3, -0.25) is 0 Å². The third-order valence-electron chi connectivity index (χ3n) is 3.16. The molecule has 3 nitrogen and oxygen atoms in total. The Bertz CT molecular complexity index is 658. The van der Waals surface area contributed by atoms with Crippen molar-refractivity contribution >= 4 is 5.57 Å². The highest BCUT2D eigenvalue weighted by atomic mass is 16.3. The number of rotatable bonds is 3. The summed E-state index contributed by atoms with van der Waals surface area (Å²) in [6, 6.07) is 5.71. The molecule has 0 aromatic heterocycles. The van der Waals surface area contributed by atoms with Gasteiger partial charge in [-0.1, -0.05) is 64.1 Å². The van der Waals surface area contributed by atoms with Gasteiger partial charge < -0.3 is 15.3 Å². The summed E-state index contributed by atoms with van der Waals surface area (Å²) in [6.45, 7) is 14.9. The fourth-order valence-corrected chi connectivity index (χ4v) is 1.97. The minimum Gasteiger partial charge on any atom is -0.513 e. The van der Waals surface area contributed by atoms with Crippen molar-refractivity contribution in [2.24, 2.45) is 0 Å². The third kappa shape index (κ3) is 12.3. The van der Waals surface area contributed by atoms with E-state index in [9.17, 15) is 5.11 Å². The molecule has 2 rings (SSSR count). The van der Waals surface area contributed by atoms with E-state index >= 15 is 0 Å². The fourth-order valence-electron chi connectivity index (χ4n) is 1.97. The smallest absolute Gasteiger partial charge is 0.123 e. The van der Waals surface area contributed by atoms with Crippen molar-refractivity contribution in [1.29, 1.82) is 0 Å². The van der Waals surface area contributed by atoms with E-state index in [0.717, 1.165) is 24.0 Å². The predicted molar refractivity (Wildman–Crippen MR) is 119 cm³/mol. The summed E-state index contributed by atoms with van der Waals surface area (Å²) in [5.74, 6) is 0.570. The Hall–Kier alpha value is -2.68. The van der Waals surface area contributed by atoms with Crippen LogP contribution in [0.2, 0.25) is 0 Å². The molecule has 0 spiro atoms. The van der Waals surface area contributed by atoms with Crippen molar-refractivity contribution in [2.75, 3.05) is 0 Å². The van der Waals surface area contributed by atoms with Gasteiger partial charge in [-0.25, -0.2) is 0 Å². The Kier molecular flexibility index (Phi) is 16.5. The highest BCUT2D eigenvalue weighted by Gasteiger charge is 2.06. The SMILES string of the molecule is C=C/C(O)=C\C=C(/C)O.CC.CC.Cc1ccc(O)c(C2=CCCC=C2)c1. The Morgan fingerprint density at radius 2 is 1.67 bits per heavy atom. The van der Waals surface area contributed by atoms with Crippen LogP contribution in [0.5, 0.6) is 5.75 Å². The Labute approximate surface area is 165 Å². The number of hydrogen-bond acceptors (Lipinski definition) is 3. The number of benzene rings is 1. The van der Waals surface area contributed by atoms with Crippen molar-refractivity contribution in [2.45, 2.75) is 54.4 Å². The average molecular weight is 373 g/mol. The van der Waals surface area contributed by atoms with E-state index in [1.807, 2.05) is 46.8 Å². The van der Waals surface area contributed by atoms with E-state index < -0.39 is 0 Å². The normalized spacial score (nSPS) is 12.9. The molecule has 0 unspecified atom stereocenters.